The second-order valence-electron chi connectivity index (χ2n) is 5.31. The highest BCUT2D eigenvalue weighted by atomic mass is 32.2. The first-order chi connectivity index (χ1) is 12.5. The molecule has 2 N–H and O–H groups in total. The Hall–Kier alpha value is -2.65. The van der Waals surface area contributed by atoms with Gasteiger partial charge in [0, 0.05) is 4.90 Å². The van der Waals surface area contributed by atoms with Crippen LogP contribution in [-0.4, -0.2) is 35.5 Å². The number of benzene rings is 1. The largest absolute Gasteiger partial charge is 0.456 e. The molecule has 0 saturated carbocycles. The van der Waals surface area contributed by atoms with Crippen LogP contribution in [-0.2, 0) is 19.1 Å². The van der Waals surface area contributed by atoms with Crippen molar-refractivity contribution in [1.29, 1.82) is 0 Å². The van der Waals surface area contributed by atoms with Gasteiger partial charge in [0.05, 0.1) is 22.2 Å². The molecule has 1 aromatic heterocycles. The highest BCUT2D eigenvalue weighted by Gasteiger charge is 2.29. The molecular formula is C17H14N2O5S2. The quantitative estimate of drug-likeness (QED) is 0.758. The average Bonchev–Trinajstić information content (AvgIpc) is 3.15. The van der Waals surface area contributed by atoms with E-state index in [4.69, 9.17) is 4.74 Å². The number of fused-ring (bicyclic) bond motifs is 1. The lowest BCUT2D eigenvalue weighted by atomic mass is 10.2. The van der Waals surface area contributed by atoms with Crippen LogP contribution in [0.4, 0.5) is 5.69 Å². The van der Waals surface area contributed by atoms with Gasteiger partial charge in [-0.3, -0.25) is 24.5 Å². The molecule has 3 amide bonds. The van der Waals surface area contributed by atoms with Crippen molar-refractivity contribution >= 4 is 52.5 Å². The van der Waals surface area contributed by atoms with Crippen molar-refractivity contribution in [3.63, 3.8) is 0 Å². The van der Waals surface area contributed by atoms with E-state index in [1.54, 1.807) is 23.6 Å². The number of nitrogens with one attached hydrogen (secondary N) is 2. The molecule has 134 valence electrons. The molecule has 2 heterocycles. The van der Waals surface area contributed by atoms with Crippen molar-refractivity contribution in [2.45, 2.75) is 16.6 Å². The lowest BCUT2D eigenvalue weighted by Gasteiger charge is -2.23. The van der Waals surface area contributed by atoms with Gasteiger partial charge in [-0.15, -0.1) is 23.1 Å². The number of ether oxygens (including phenoxy) is 1. The number of carbonyl (C=O) groups excluding carboxylic acids is 4. The number of rotatable bonds is 5. The van der Waals surface area contributed by atoms with Crippen LogP contribution >= 0.6 is 23.1 Å². The zero-order valence-electron chi connectivity index (χ0n) is 13.4. The van der Waals surface area contributed by atoms with Gasteiger partial charge in [0.1, 0.15) is 0 Å². The van der Waals surface area contributed by atoms with Gasteiger partial charge in [0.15, 0.2) is 6.61 Å². The van der Waals surface area contributed by atoms with Crippen LogP contribution in [0.15, 0.2) is 46.7 Å². The topological polar surface area (TPSA) is 102 Å². The van der Waals surface area contributed by atoms with Crippen molar-refractivity contribution in [3.8, 4) is 0 Å². The molecular weight excluding hydrogens is 376 g/mol. The second kappa shape index (κ2) is 8.15. The normalized spacial score (nSPS) is 15.5. The maximum atomic E-state index is 12.0. The van der Waals surface area contributed by atoms with Crippen molar-refractivity contribution in [1.82, 2.24) is 5.32 Å². The van der Waals surface area contributed by atoms with Gasteiger partial charge >= 0.3 is 5.97 Å². The summed E-state index contributed by atoms with van der Waals surface area (Å²) in [6.07, 6.45) is -0.170. The number of carbonyl (C=O) groups is 4. The number of esters is 1. The monoisotopic (exact) mass is 390 g/mol. The number of thioether (sulfide) groups is 1. The van der Waals surface area contributed by atoms with E-state index in [1.165, 1.54) is 23.1 Å². The standard InChI is InChI=1S/C17H14N2O5S2/c20-14(19-16(22)12-6-3-7-25-12)9-24-15(21)8-13-17(23)18-10-4-1-2-5-11(10)26-13/h1-7,13H,8-9H2,(H,18,23)(H,19,20,22)/t13-/m0/s1. The zero-order chi connectivity index (χ0) is 18.5. The summed E-state index contributed by atoms with van der Waals surface area (Å²) >= 11 is 2.47. The van der Waals surface area contributed by atoms with E-state index in [0.29, 0.717) is 10.6 Å². The number of para-hydroxylation sites is 1. The minimum absolute atomic E-state index is 0.170. The number of amides is 3. The number of imide groups is 1. The van der Waals surface area contributed by atoms with Gasteiger partial charge in [-0.25, -0.2) is 0 Å². The van der Waals surface area contributed by atoms with Crippen molar-refractivity contribution in [3.05, 3.63) is 46.7 Å². The summed E-state index contributed by atoms with van der Waals surface area (Å²) in [4.78, 5) is 48.6. The Balaban J connectivity index is 1.46. The highest BCUT2D eigenvalue weighted by Crippen LogP contribution is 2.36. The lowest BCUT2D eigenvalue weighted by Crippen LogP contribution is -2.35. The molecule has 1 aliphatic rings. The third-order valence-corrected chi connectivity index (χ3v) is 5.56. The molecule has 0 saturated heterocycles. The Morgan fingerprint density at radius 2 is 1.96 bits per heavy atom. The van der Waals surface area contributed by atoms with E-state index in [1.807, 2.05) is 18.2 Å². The van der Waals surface area contributed by atoms with Gasteiger partial charge in [0.2, 0.25) is 5.91 Å². The van der Waals surface area contributed by atoms with Crippen LogP contribution in [0.2, 0.25) is 0 Å². The number of hydrogen-bond donors (Lipinski definition) is 2. The van der Waals surface area contributed by atoms with E-state index in [0.717, 1.165) is 4.90 Å². The van der Waals surface area contributed by atoms with E-state index in [2.05, 4.69) is 10.6 Å². The van der Waals surface area contributed by atoms with Gasteiger partial charge in [0.25, 0.3) is 11.8 Å². The summed E-state index contributed by atoms with van der Waals surface area (Å²) in [5.41, 5.74) is 0.707. The number of anilines is 1. The molecule has 26 heavy (non-hydrogen) atoms. The summed E-state index contributed by atoms with van der Waals surface area (Å²) in [6, 6.07) is 10.5. The molecule has 0 spiro atoms. The van der Waals surface area contributed by atoms with Crippen molar-refractivity contribution in [2.75, 3.05) is 11.9 Å². The molecule has 1 aromatic carbocycles. The minimum atomic E-state index is -0.720. The molecule has 0 bridgehead atoms. The van der Waals surface area contributed by atoms with Crippen LogP contribution < -0.4 is 10.6 Å². The molecule has 0 fully saturated rings. The van der Waals surface area contributed by atoms with E-state index < -0.39 is 29.6 Å². The fourth-order valence-corrected chi connectivity index (χ4v) is 3.93. The van der Waals surface area contributed by atoms with Crippen LogP contribution in [0.3, 0.4) is 0 Å². The molecule has 0 unspecified atom stereocenters. The second-order valence-corrected chi connectivity index (χ2v) is 7.50. The fourth-order valence-electron chi connectivity index (χ4n) is 2.22. The summed E-state index contributed by atoms with van der Waals surface area (Å²) < 4.78 is 4.87. The molecule has 9 heteroatoms. The first-order valence-corrected chi connectivity index (χ1v) is 9.38. The highest BCUT2D eigenvalue weighted by molar-refractivity contribution is 8.01. The zero-order valence-corrected chi connectivity index (χ0v) is 15.0. The average molecular weight is 390 g/mol. The molecule has 3 rings (SSSR count). The van der Waals surface area contributed by atoms with Crippen LogP contribution in [0.1, 0.15) is 16.1 Å². The maximum Gasteiger partial charge on any atom is 0.307 e. The van der Waals surface area contributed by atoms with Gasteiger partial charge < -0.3 is 10.1 Å². The number of hydrogen-bond acceptors (Lipinski definition) is 7. The third kappa shape index (κ3) is 4.50. The predicted octanol–water partition coefficient (Wildman–Crippen LogP) is 2.05. The fraction of sp³-hybridized carbons (Fsp3) is 0.176. The smallest absolute Gasteiger partial charge is 0.307 e. The van der Waals surface area contributed by atoms with Crippen molar-refractivity contribution < 1.29 is 23.9 Å². The summed E-state index contributed by atoms with van der Waals surface area (Å²) in [5, 5.41) is 5.95. The summed E-state index contributed by atoms with van der Waals surface area (Å²) in [7, 11) is 0. The third-order valence-electron chi connectivity index (χ3n) is 3.42. The Bertz CT molecular complexity index is 851. The van der Waals surface area contributed by atoms with E-state index >= 15 is 0 Å². The van der Waals surface area contributed by atoms with E-state index in [9.17, 15) is 19.2 Å². The van der Waals surface area contributed by atoms with Crippen LogP contribution in [0.5, 0.6) is 0 Å². The van der Waals surface area contributed by atoms with Gasteiger partial charge in [-0.2, -0.15) is 0 Å². The molecule has 1 aliphatic heterocycles. The molecule has 7 nitrogen and oxygen atoms in total. The van der Waals surface area contributed by atoms with Crippen LogP contribution in [0.25, 0.3) is 0 Å². The Labute approximate surface area is 157 Å². The maximum absolute atomic E-state index is 12.0. The molecule has 0 aliphatic carbocycles. The SMILES string of the molecule is O=C(COC(=O)C[C@@H]1Sc2ccccc2NC1=O)NC(=O)c1cccs1. The molecule has 1 atom stereocenters. The van der Waals surface area contributed by atoms with Crippen molar-refractivity contribution in [2.24, 2.45) is 0 Å². The van der Waals surface area contributed by atoms with Gasteiger partial charge in [-0.1, -0.05) is 18.2 Å². The van der Waals surface area contributed by atoms with E-state index in [-0.39, 0.29) is 12.3 Å². The molecule has 2 aromatic rings. The van der Waals surface area contributed by atoms with Gasteiger partial charge in [-0.05, 0) is 23.6 Å². The van der Waals surface area contributed by atoms with Crippen LogP contribution in [0, 0.1) is 0 Å². The Morgan fingerprint density at radius 1 is 1.15 bits per heavy atom. The molecule has 0 radical (unpaired) electrons. The Kier molecular flexibility index (Phi) is 5.69. The predicted molar refractivity (Wildman–Crippen MR) is 97.1 cm³/mol. The number of thiophene rings is 1. The summed E-state index contributed by atoms with van der Waals surface area (Å²) in [5.74, 6) is -2.23. The minimum Gasteiger partial charge on any atom is -0.456 e. The lowest BCUT2D eigenvalue weighted by molar-refractivity contribution is -0.148. The Morgan fingerprint density at radius 3 is 2.73 bits per heavy atom. The first kappa shape index (κ1) is 18.2. The first-order valence-electron chi connectivity index (χ1n) is 7.63. The summed E-state index contributed by atoms with van der Waals surface area (Å²) in [6.45, 7) is -0.578.